The maximum Gasteiger partial charge on any atom is 0.322 e. The molecule has 0 aromatic heterocycles. The zero-order valence-electron chi connectivity index (χ0n) is 6.82. The molecule has 1 aliphatic rings. The highest BCUT2D eigenvalue weighted by molar-refractivity contribution is 6.18. The molecule has 12 heavy (non-hydrogen) atoms. The van der Waals surface area contributed by atoms with Crippen LogP contribution in [0.3, 0.4) is 0 Å². The van der Waals surface area contributed by atoms with Gasteiger partial charge >= 0.3 is 6.03 Å². The number of hydrogen-bond donors (Lipinski definition) is 2. The molecule has 2 N–H and O–H groups in total. The van der Waals surface area contributed by atoms with E-state index in [4.69, 9.17) is 11.6 Å². The molecule has 0 aromatic carbocycles. The number of rotatable bonds is 3. The molecule has 68 valence electrons. The van der Waals surface area contributed by atoms with Crippen LogP contribution in [-0.4, -0.2) is 23.4 Å². The second-order valence-electron chi connectivity index (χ2n) is 2.78. The first-order valence-corrected chi connectivity index (χ1v) is 4.37. The Kier molecular flexibility index (Phi) is 2.57. The van der Waals surface area contributed by atoms with Gasteiger partial charge in [0.15, 0.2) is 0 Å². The van der Waals surface area contributed by atoms with E-state index >= 15 is 0 Å². The summed E-state index contributed by atoms with van der Waals surface area (Å²) in [5.41, 5.74) is -0.765. The first kappa shape index (κ1) is 9.32. The Hall–Kier alpha value is -0.770. The fourth-order valence-electron chi connectivity index (χ4n) is 1.29. The van der Waals surface area contributed by atoms with Crippen LogP contribution in [0.15, 0.2) is 0 Å². The predicted octanol–water partition coefficient (Wildman–Crippen LogP) is 0.604. The molecule has 1 unspecified atom stereocenters. The molecule has 0 saturated carbocycles. The molecule has 3 amide bonds. The lowest BCUT2D eigenvalue weighted by Crippen LogP contribution is -2.46. The first-order chi connectivity index (χ1) is 5.64. The van der Waals surface area contributed by atoms with Gasteiger partial charge in [0.1, 0.15) is 5.54 Å². The van der Waals surface area contributed by atoms with Crippen LogP contribution < -0.4 is 10.6 Å². The monoisotopic (exact) mass is 190 g/mol. The van der Waals surface area contributed by atoms with Crippen molar-refractivity contribution in [2.75, 3.05) is 5.88 Å². The van der Waals surface area contributed by atoms with Crippen molar-refractivity contribution in [2.24, 2.45) is 0 Å². The van der Waals surface area contributed by atoms with Gasteiger partial charge in [-0.1, -0.05) is 6.92 Å². The van der Waals surface area contributed by atoms with E-state index in [-0.39, 0.29) is 5.91 Å². The van der Waals surface area contributed by atoms with Gasteiger partial charge in [0.2, 0.25) is 0 Å². The van der Waals surface area contributed by atoms with Crippen molar-refractivity contribution in [1.82, 2.24) is 10.6 Å². The third-order valence-corrected chi connectivity index (χ3v) is 2.33. The van der Waals surface area contributed by atoms with E-state index in [0.29, 0.717) is 18.7 Å². The number of amides is 3. The minimum atomic E-state index is -0.765. The zero-order valence-corrected chi connectivity index (χ0v) is 7.57. The van der Waals surface area contributed by atoms with Crippen molar-refractivity contribution < 1.29 is 9.59 Å². The average molecular weight is 191 g/mol. The summed E-state index contributed by atoms with van der Waals surface area (Å²) in [6.45, 7) is 1.84. The van der Waals surface area contributed by atoms with E-state index in [2.05, 4.69) is 10.6 Å². The number of imide groups is 1. The summed E-state index contributed by atoms with van der Waals surface area (Å²) in [5, 5.41) is 4.78. The summed E-state index contributed by atoms with van der Waals surface area (Å²) in [6, 6.07) is -0.424. The van der Waals surface area contributed by atoms with Gasteiger partial charge in [-0.15, -0.1) is 11.6 Å². The maximum absolute atomic E-state index is 11.3. The van der Waals surface area contributed by atoms with Crippen molar-refractivity contribution in [3.05, 3.63) is 0 Å². The van der Waals surface area contributed by atoms with E-state index in [1.807, 2.05) is 6.92 Å². The first-order valence-electron chi connectivity index (χ1n) is 3.84. The Morgan fingerprint density at radius 3 is 2.50 bits per heavy atom. The van der Waals surface area contributed by atoms with E-state index in [1.54, 1.807) is 0 Å². The SMILES string of the molecule is CCC1(CCCl)NC(=O)NC1=O. The van der Waals surface area contributed by atoms with Crippen LogP contribution in [0, 0.1) is 0 Å². The molecule has 1 heterocycles. The van der Waals surface area contributed by atoms with Gasteiger partial charge in [0.05, 0.1) is 0 Å². The lowest BCUT2D eigenvalue weighted by molar-refractivity contribution is -0.124. The number of halogens is 1. The molecule has 0 bridgehead atoms. The third kappa shape index (κ3) is 1.39. The summed E-state index contributed by atoms with van der Waals surface area (Å²) in [7, 11) is 0. The molecule has 4 nitrogen and oxygen atoms in total. The summed E-state index contributed by atoms with van der Waals surface area (Å²) in [6.07, 6.45) is 1.04. The van der Waals surface area contributed by atoms with Crippen molar-refractivity contribution >= 4 is 23.5 Å². The zero-order chi connectivity index (χ0) is 9.19. The van der Waals surface area contributed by atoms with Crippen molar-refractivity contribution in [3.8, 4) is 0 Å². The minimum Gasteiger partial charge on any atom is -0.323 e. The van der Waals surface area contributed by atoms with Gasteiger partial charge < -0.3 is 5.32 Å². The van der Waals surface area contributed by atoms with Gasteiger partial charge in [0, 0.05) is 5.88 Å². The Morgan fingerprint density at radius 2 is 2.17 bits per heavy atom. The number of alkyl halides is 1. The Balaban J connectivity index is 2.78. The van der Waals surface area contributed by atoms with Crippen LogP contribution in [-0.2, 0) is 4.79 Å². The average Bonchev–Trinajstić information content (AvgIpc) is 2.28. The highest BCUT2D eigenvalue weighted by Crippen LogP contribution is 2.19. The van der Waals surface area contributed by atoms with Crippen LogP contribution in [0.2, 0.25) is 0 Å². The highest BCUT2D eigenvalue weighted by Gasteiger charge is 2.43. The summed E-state index contributed by atoms with van der Waals surface area (Å²) in [5.74, 6) is 0.0947. The molecule has 1 rings (SSSR count). The molecule has 0 radical (unpaired) electrons. The molecule has 1 aliphatic heterocycles. The Morgan fingerprint density at radius 1 is 1.50 bits per heavy atom. The Bertz CT molecular complexity index is 219. The third-order valence-electron chi connectivity index (χ3n) is 2.14. The minimum absolute atomic E-state index is 0.268. The second-order valence-corrected chi connectivity index (χ2v) is 3.16. The fraction of sp³-hybridized carbons (Fsp3) is 0.714. The van der Waals surface area contributed by atoms with Gasteiger partial charge in [-0.2, -0.15) is 0 Å². The van der Waals surface area contributed by atoms with Crippen molar-refractivity contribution in [2.45, 2.75) is 25.3 Å². The normalized spacial score (nSPS) is 28.5. The summed E-state index contributed by atoms with van der Waals surface area (Å²) >= 11 is 5.53. The number of carbonyl (C=O) groups is 2. The largest absolute Gasteiger partial charge is 0.323 e. The smallest absolute Gasteiger partial charge is 0.322 e. The van der Waals surface area contributed by atoms with E-state index < -0.39 is 11.6 Å². The van der Waals surface area contributed by atoms with Gasteiger partial charge in [-0.05, 0) is 12.8 Å². The Labute approximate surface area is 75.6 Å². The van der Waals surface area contributed by atoms with Gasteiger partial charge in [-0.25, -0.2) is 4.79 Å². The van der Waals surface area contributed by atoms with Crippen molar-refractivity contribution in [1.29, 1.82) is 0 Å². The number of carbonyl (C=O) groups excluding carboxylic acids is 2. The van der Waals surface area contributed by atoms with Gasteiger partial charge in [0.25, 0.3) is 5.91 Å². The standard InChI is InChI=1S/C7H11ClN2O2/c1-2-7(3-4-8)5(11)9-6(12)10-7/h2-4H2,1H3,(H2,9,10,11,12). The molecule has 0 spiro atoms. The highest BCUT2D eigenvalue weighted by atomic mass is 35.5. The number of hydrogen-bond acceptors (Lipinski definition) is 2. The molecular formula is C7H11ClN2O2. The summed E-state index contributed by atoms with van der Waals surface area (Å²) < 4.78 is 0. The molecule has 5 heteroatoms. The lowest BCUT2D eigenvalue weighted by Gasteiger charge is -2.22. The predicted molar refractivity (Wildman–Crippen MR) is 45.0 cm³/mol. The molecule has 0 aromatic rings. The molecule has 0 aliphatic carbocycles. The van der Waals surface area contributed by atoms with Crippen LogP contribution in [0.25, 0.3) is 0 Å². The van der Waals surface area contributed by atoms with Crippen molar-refractivity contribution in [3.63, 3.8) is 0 Å². The van der Waals surface area contributed by atoms with E-state index in [9.17, 15) is 9.59 Å². The van der Waals surface area contributed by atoms with E-state index in [0.717, 1.165) is 0 Å². The molecule has 1 atom stereocenters. The van der Waals surface area contributed by atoms with Crippen LogP contribution in [0.5, 0.6) is 0 Å². The maximum atomic E-state index is 11.3. The van der Waals surface area contributed by atoms with Crippen LogP contribution in [0.1, 0.15) is 19.8 Å². The van der Waals surface area contributed by atoms with E-state index in [1.165, 1.54) is 0 Å². The lowest BCUT2D eigenvalue weighted by atomic mass is 9.93. The second kappa shape index (κ2) is 3.31. The fourth-order valence-corrected chi connectivity index (χ4v) is 1.61. The quantitative estimate of drug-likeness (QED) is 0.506. The van der Waals surface area contributed by atoms with Gasteiger partial charge in [-0.3, -0.25) is 10.1 Å². The summed E-state index contributed by atoms with van der Waals surface area (Å²) in [4.78, 5) is 22.1. The van der Waals surface area contributed by atoms with Crippen LogP contribution >= 0.6 is 11.6 Å². The molecule has 1 fully saturated rings. The molecule has 1 saturated heterocycles. The number of urea groups is 1. The molecular weight excluding hydrogens is 180 g/mol. The van der Waals surface area contributed by atoms with Crippen LogP contribution in [0.4, 0.5) is 4.79 Å². The number of nitrogens with one attached hydrogen (secondary N) is 2. The topological polar surface area (TPSA) is 58.2 Å².